The number of nitrogens with zero attached hydrogens (tertiary/aromatic N) is 2. The van der Waals surface area contributed by atoms with Crippen LogP contribution in [0.4, 0.5) is 17.1 Å². The van der Waals surface area contributed by atoms with Crippen molar-refractivity contribution in [3.8, 4) is 33.4 Å². The molecule has 0 radical (unpaired) electrons. The molecule has 2 aromatic heterocycles. The third kappa shape index (κ3) is 5.67. The Kier molecular flexibility index (Phi) is 8.47. The van der Waals surface area contributed by atoms with Gasteiger partial charge in [-0.3, -0.25) is 0 Å². The summed E-state index contributed by atoms with van der Waals surface area (Å²) < 4.78 is 2.48. The lowest BCUT2D eigenvalue weighted by molar-refractivity contribution is 0.768. The lowest BCUT2D eigenvalue weighted by Gasteiger charge is -2.35. The van der Waals surface area contributed by atoms with Crippen molar-refractivity contribution < 1.29 is 0 Å². The number of fused-ring (bicyclic) bond motifs is 9. The van der Waals surface area contributed by atoms with Crippen LogP contribution in [0.25, 0.3) is 71.5 Å². The van der Waals surface area contributed by atoms with E-state index in [1.54, 1.807) is 0 Å². The SMILES string of the molecule is c1ccc(-c2c3ccccc3n3c2c(-c2ccc(N(c4ccc5c(c4)C(c4ccccc4)(c4ccccc4)c4ccccc4-5)c4ccc5ccccc5c4)cc2)cc2ccccc23)cc1. The van der Waals surface area contributed by atoms with E-state index in [0.717, 1.165) is 17.1 Å². The fraction of sp³-hybridized carbons (Fsp3) is 0.0159. The number of hydrogen-bond donors (Lipinski definition) is 0. The fourth-order valence-electron chi connectivity index (χ4n) is 11.0. The van der Waals surface area contributed by atoms with Crippen molar-refractivity contribution in [2.45, 2.75) is 5.41 Å². The second kappa shape index (κ2) is 14.8. The van der Waals surface area contributed by atoms with Crippen molar-refractivity contribution in [3.05, 3.63) is 277 Å². The molecule has 1 aliphatic rings. The van der Waals surface area contributed by atoms with Crippen LogP contribution in [0.2, 0.25) is 0 Å². The third-order valence-electron chi connectivity index (χ3n) is 13.8. The first kappa shape index (κ1) is 37.1. The molecule has 0 saturated heterocycles. The van der Waals surface area contributed by atoms with E-state index in [1.165, 1.54) is 93.7 Å². The van der Waals surface area contributed by atoms with Gasteiger partial charge in [-0.15, -0.1) is 0 Å². The summed E-state index contributed by atoms with van der Waals surface area (Å²) in [4.78, 5) is 2.44. The van der Waals surface area contributed by atoms with Gasteiger partial charge in [-0.25, -0.2) is 0 Å². The molecule has 0 fully saturated rings. The first-order valence-electron chi connectivity index (χ1n) is 22.5. The van der Waals surface area contributed by atoms with E-state index in [9.17, 15) is 0 Å². The van der Waals surface area contributed by atoms with Gasteiger partial charge in [-0.05, 0) is 115 Å². The summed E-state index contributed by atoms with van der Waals surface area (Å²) in [6, 6.07) is 93.9. The van der Waals surface area contributed by atoms with Crippen LogP contribution in [-0.2, 0) is 5.41 Å². The molecule has 2 heterocycles. The Balaban J connectivity index is 1.04. The number of benzene rings is 10. The van der Waals surface area contributed by atoms with Crippen molar-refractivity contribution in [2.75, 3.05) is 4.90 Å². The van der Waals surface area contributed by atoms with E-state index in [1.807, 2.05) is 0 Å². The molecule has 1 aliphatic carbocycles. The third-order valence-corrected chi connectivity index (χ3v) is 13.8. The second-order valence-corrected chi connectivity index (χ2v) is 17.2. The van der Waals surface area contributed by atoms with Gasteiger partial charge in [0.25, 0.3) is 0 Å². The number of pyridine rings is 1. The number of hydrogen-bond acceptors (Lipinski definition) is 1. The highest BCUT2D eigenvalue weighted by Crippen LogP contribution is 2.57. The maximum Gasteiger partial charge on any atom is 0.0714 e. The van der Waals surface area contributed by atoms with Gasteiger partial charge in [-0.1, -0.05) is 200 Å². The van der Waals surface area contributed by atoms with E-state index in [0.29, 0.717) is 0 Å². The molecule has 13 rings (SSSR count). The Labute approximate surface area is 378 Å². The first-order chi connectivity index (χ1) is 32.3. The highest BCUT2D eigenvalue weighted by molar-refractivity contribution is 6.13. The normalized spacial score (nSPS) is 12.7. The molecule has 0 unspecified atom stereocenters. The molecular weight excluding hydrogens is 785 g/mol. The lowest BCUT2D eigenvalue weighted by Crippen LogP contribution is -2.28. The van der Waals surface area contributed by atoms with Gasteiger partial charge < -0.3 is 9.30 Å². The standard InChI is InChI=1S/C63H42N2/c1-4-19-45(20-5-1)61-55-28-14-17-31-60(55)65-59-30-16-12-22-47(59)41-56(62(61)65)44-33-35-50(36-34-44)64(51-37-32-43-18-10-11-21-46(43)40-51)52-38-39-54-53-27-13-15-29-57(53)63(58(54)42-52,48-23-6-2-7-24-48)49-25-8-3-9-26-49/h1-42H. The zero-order valence-corrected chi connectivity index (χ0v) is 35.6. The van der Waals surface area contributed by atoms with E-state index < -0.39 is 5.41 Å². The molecule has 12 aromatic rings. The molecule has 0 amide bonds. The first-order valence-corrected chi connectivity index (χ1v) is 22.5. The summed E-state index contributed by atoms with van der Waals surface area (Å²) in [5.41, 5.74) is 18.9. The zero-order chi connectivity index (χ0) is 42.9. The summed E-state index contributed by atoms with van der Waals surface area (Å²) in [6.45, 7) is 0. The van der Waals surface area contributed by atoms with Crippen molar-refractivity contribution >= 4 is 55.2 Å². The maximum absolute atomic E-state index is 2.48. The van der Waals surface area contributed by atoms with Crippen LogP contribution < -0.4 is 4.90 Å². The van der Waals surface area contributed by atoms with Crippen molar-refractivity contribution in [1.29, 1.82) is 0 Å². The van der Waals surface area contributed by atoms with Gasteiger partial charge in [0.1, 0.15) is 0 Å². The number of para-hydroxylation sites is 2. The lowest BCUT2D eigenvalue weighted by atomic mass is 9.67. The molecule has 10 aromatic carbocycles. The van der Waals surface area contributed by atoms with Crippen LogP contribution in [0.3, 0.4) is 0 Å². The molecule has 0 spiro atoms. The summed E-state index contributed by atoms with van der Waals surface area (Å²) in [5.74, 6) is 0. The number of aromatic nitrogens is 1. The van der Waals surface area contributed by atoms with E-state index >= 15 is 0 Å². The Hall–Kier alpha value is -8.46. The predicted molar refractivity (Wildman–Crippen MR) is 273 cm³/mol. The highest BCUT2D eigenvalue weighted by Gasteiger charge is 2.46. The molecule has 304 valence electrons. The predicted octanol–water partition coefficient (Wildman–Crippen LogP) is 16.6. The van der Waals surface area contributed by atoms with E-state index in [4.69, 9.17) is 0 Å². The molecule has 0 N–H and O–H groups in total. The summed E-state index contributed by atoms with van der Waals surface area (Å²) in [6.07, 6.45) is 0. The Morgan fingerprint density at radius 1 is 0.323 bits per heavy atom. The van der Waals surface area contributed by atoms with E-state index in [2.05, 4.69) is 264 Å². The summed E-state index contributed by atoms with van der Waals surface area (Å²) >= 11 is 0. The fourth-order valence-corrected chi connectivity index (χ4v) is 11.0. The van der Waals surface area contributed by atoms with Crippen LogP contribution in [-0.4, -0.2) is 4.40 Å². The number of anilines is 3. The van der Waals surface area contributed by atoms with Crippen LogP contribution in [0.1, 0.15) is 22.3 Å². The second-order valence-electron chi connectivity index (χ2n) is 17.2. The van der Waals surface area contributed by atoms with Crippen molar-refractivity contribution in [2.24, 2.45) is 0 Å². The van der Waals surface area contributed by atoms with Gasteiger partial charge in [0.05, 0.1) is 22.0 Å². The zero-order valence-electron chi connectivity index (χ0n) is 35.6. The monoisotopic (exact) mass is 826 g/mol. The molecular formula is C63H42N2. The topological polar surface area (TPSA) is 7.65 Å². The van der Waals surface area contributed by atoms with Crippen LogP contribution in [0.5, 0.6) is 0 Å². The average molecular weight is 827 g/mol. The molecule has 0 saturated carbocycles. The molecule has 0 atom stereocenters. The quantitative estimate of drug-likeness (QED) is 0.155. The van der Waals surface area contributed by atoms with Crippen molar-refractivity contribution in [3.63, 3.8) is 0 Å². The highest BCUT2D eigenvalue weighted by atomic mass is 15.1. The Morgan fingerprint density at radius 3 is 1.63 bits per heavy atom. The van der Waals surface area contributed by atoms with Crippen LogP contribution in [0.15, 0.2) is 255 Å². The Morgan fingerprint density at radius 2 is 0.877 bits per heavy atom. The molecule has 2 nitrogen and oxygen atoms in total. The minimum Gasteiger partial charge on any atom is -0.310 e. The maximum atomic E-state index is 2.48. The minimum atomic E-state index is -0.512. The Bertz CT molecular complexity index is 3720. The van der Waals surface area contributed by atoms with Crippen LogP contribution in [0, 0.1) is 0 Å². The average Bonchev–Trinajstić information content (AvgIpc) is 3.89. The van der Waals surface area contributed by atoms with Crippen molar-refractivity contribution in [1.82, 2.24) is 4.40 Å². The molecule has 0 aliphatic heterocycles. The smallest absolute Gasteiger partial charge is 0.0714 e. The minimum absolute atomic E-state index is 0.512. The summed E-state index contributed by atoms with van der Waals surface area (Å²) in [5, 5.41) is 4.88. The molecule has 65 heavy (non-hydrogen) atoms. The van der Waals surface area contributed by atoms with Gasteiger partial charge in [-0.2, -0.15) is 0 Å². The van der Waals surface area contributed by atoms with Gasteiger partial charge in [0.15, 0.2) is 0 Å². The summed E-state index contributed by atoms with van der Waals surface area (Å²) in [7, 11) is 0. The van der Waals surface area contributed by atoms with Gasteiger partial charge in [0, 0.05) is 33.6 Å². The number of rotatable bonds is 7. The molecule has 0 bridgehead atoms. The van der Waals surface area contributed by atoms with Gasteiger partial charge >= 0.3 is 0 Å². The van der Waals surface area contributed by atoms with Gasteiger partial charge in [0.2, 0.25) is 0 Å². The molecule has 2 heteroatoms. The van der Waals surface area contributed by atoms with Crippen LogP contribution >= 0.6 is 0 Å². The van der Waals surface area contributed by atoms with E-state index in [-0.39, 0.29) is 0 Å². The largest absolute Gasteiger partial charge is 0.310 e.